The molecule has 0 saturated heterocycles. The topological polar surface area (TPSA) is 75.4 Å². The summed E-state index contributed by atoms with van der Waals surface area (Å²) in [5.41, 5.74) is 2.16. The third-order valence-electron chi connectivity index (χ3n) is 2.69. The molecule has 102 valence electrons. The van der Waals surface area contributed by atoms with E-state index in [0.717, 1.165) is 11.1 Å². The van der Waals surface area contributed by atoms with Gasteiger partial charge in [-0.1, -0.05) is 29.1 Å². The van der Waals surface area contributed by atoms with Crippen molar-refractivity contribution in [2.45, 2.75) is 13.5 Å². The lowest BCUT2D eigenvalue weighted by molar-refractivity contribution is 0.0949. The summed E-state index contributed by atoms with van der Waals surface area (Å²) in [7, 11) is 0. The lowest BCUT2D eigenvalue weighted by Gasteiger charge is -2.04. The number of nitrogens with zero attached hydrogens (tertiary/aromatic N) is 1. The molecule has 0 unspecified atom stereocenters. The van der Waals surface area contributed by atoms with Gasteiger partial charge in [0, 0.05) is 12.1 Å². The first-order valence-corrected chi connectivity index (χ1v) is 6.09. The molecule has 0 atom stereocenters. The van der Waals surface area contributed by atoms with E-state index in [0.29, 0.717) is 17.9 Å². The average Bonchev–Trinajstić information content (AvgIpc) is 2.89. The van der Waals surface area contributed by atoms with E-state index in [1.807, 2.05) is 24.3 Å². The summed E-state index contributed by atoms with van der Waals surface area (Å²) in [6.45, 7) is 1.90. The number of aryl methyl sites for hydroxylation is 1. The molecule has 0 saturated carbocycles. The van der Waals surface area contributed by atoms with Gasteiger partial charge in [0.1, 0.15) is 17.9 Å². The van der Waals surface area contributed by atoms with E-state index >= 15 is 0 Å². The molecule has 2 rings (SSSR count). The van der Waals surface area contributed by atoms with Crippen LogP contribution in [0.25, 0.3) is 0 Å². The van der Waals surface area contributed by atoms with E-state index < -0.39 is 0 Å². The van der Waals surface area contributed by atoms with Gasteiger partial charge in [0.05, 0.1) is 6.20 Å². The molecule has 0 aliphatic rings. The van der Waals surface area contributed by atoms with Crippen LogP contribution in [0.15, 0.2) is 35.0 Å². The zero-order valence-corrected chi connectivity index (χ0v) is 11.0. The molecular weight excluding hydrogens is 256 g/mol. The molecule has 0 radical (unpaired) electrons. The Morgan fingerprint density at radius 2 is 2.35 bits per heavy atom. The Kier molecular flexibility index (Phi) is 4.53. The predicted molar refractivity (Wildman–Crippen MR) is 72.8 cm³/mol. The minimum absolute atomic E-state index is 0.173. The molecule has 1 aromatic heterocycles. The number of aliphatic hydroxyl groups is 1. The first-order valence-electron chi connectivity index (χ1n) is 6.09. The normalized spacial score (nSPS) is 9.70. The average molecular weight is 270 g/mol. The second-order valence-corrected chi connectivity index (χ2v) is 4.14. The van der Waals surface area contributed by atoms with Crippen molar-refractivity contribution in [1.82, 2.24) is 10.5 Å². The van der Waals surface area contributed by atoms with Gasteiger partial charge < -0.3 is 14.9 Å². The number of benzene rings is 1. The van der Waals surface area contributed by atoms with Crippen LogP contribution in [0, 0.1) is 18.8 Å². The number of carbonyl (C=O) groups excluding carboxylic acids is 1. The molecule has 0 aliphatic heterocycles. The molecule has 2 aromatic rings. The van der Waals surface area contributed by atoms with Crippen LogP contribution in [0.4, 0.5) is 0 Å². The lowest BCUT2D eigenvalue weighted by Crippen LogP contribution is -2.23. The van der Waals surface area contributed by atoms with Gasteiger partial charge in [0.25, 0.3) is 5.91 Å². The number of rotatable bonds is 3. The van der Waals surface area contributed by atoms with Crippen molar-refractivity contribution in [3.8, 4) is 11.8 Å². The first kappa shape index (κ1) is 13.8. The van der Waals surface area contributed by atoms with Gasteiger partial charge in [0.2, 0.25) is 0 Å². The largest absolute Gasteiger partial charge is 0.384 e. The van der Waals surface area contributed by atoms with Crippen molar-refractivity contribution in [3.05, 3.63) is 52.9 Å². The fraction of sp³-hybridized carbons (Fsp3) is 0.200. The molecule has 0 fully saturated rings. The number of hydrogen-bond donors (Lipinski definition) is 2. The highest BCUT2D eigenvalue weighted by Crippen LogP contribution is 2.07. The Hall–Kier alpha value is -2.58. The molecule has 2 N–H and O–H groups in total. The Bertz CT molecular complexity index is 665. The summed E-state index contributed by atoms with van der Waals surface area (Å²) in [6, 6.07) is 7.46. The Morgan fingerprint density at radius 3 is 3.05 bits per heavy atom. The molecule has 1 amide bonds. The van der Waals surface area contributed by atoms with Gasteiger partial charge in [-0.15, -0.1) is 0 Å². The number of nitrogens with one attached hydrogen (secondary N) is 1. The van der Waals surface area contributed by atoms with Gasteiger partial charge in [0.15, 0.2) is 0 Å². The van der Waals surface area contributed by atoms with Crippen molar-refractivity contribution < 1.29 is 14.4 Å². The second kappa shape index (κ2) is 6.55. The maximum absolute atomic E-state index is 11.9. The molecule has 5 heteroatoms. The fourth-order valence-corrected chi connectivity index (χ4v) is 1.69. The third kappa shape index (κ3) is 3.46. The van der Waals surface area contributed by atoms with E-state index in [1.165, 1.54) is 6.20 Å². The number of aliphatic hydroxyl groups excluding tert-OH is 1. The van der Waals surface area contributed by atoms with Gasteiger partial charge >= 0.3 is 0 Å². The molecule has 1 aromatic carbocycles. The van der Waals surface area contributed by atoms with Gasteiger partial charge in [-0.05, 0) is 24.6 Å². The van der Waals surface area contributed by atoms with Crippen molar-refractivity contribution >= 4 is 5.91 Å². The van der Waals surface area contributed by atoms with E-state index in [9.17, 15) is 4.79 Å². The van der Waals surface area contributed by atoms with Crippen molar-refractivity contribution in [3.63, 3.8) is 0 Å². The minimum atomic E-state index is -0.226. The molecule has 0 spiro atoms. The Labute approximate surface area is 116 Å². The minimum Gasteiger partial charge on any atom is -0.384 e. The number of hydrogen-bond acceptors (Lipinski definition) is 4. The Morgan fingerprint density at radius 1 is 1.50 bits per heavy atom. The van der Waals surface area contributed by atoms with Gasteiger partial charge in [-0.3, -0.25) is 4.79 Å². The molecule has 5 nitrogen and oxygen atoms in total. The highest BCUT2D eigenvalue weighted by atomic mass is 16.5. The van der Waals surface area contributed by atoms with E-state index in [4.69, 9.17) is 9.63 Å². The fourth-order valence-electron chi connectivity index (χ4n) is 1.69. The summed E-state index contributed by atoms with van der Waals surface area (Å²) >= 11 is 0. The zero-order valence-electron chi connectivity index (χ0n) is 11.0. The van der Waals surface area contributed by atoms with Crippen LogP contribution in [-0.2, 0) is 6.54 Å². The Balaban J connectivity index is 2.01. The van der Waals surface area contributed by atoms with Crippen LogP contribution in [0.1, 0.15) is 27.2 Å². The maximum atomic E-state index is 11.9. The van der Waals surface area contributed by atoms with Crippen molar-refractivity contribution in [2.24, 2.45) is 0 Å². The maximum Gasteiger partial charge on any atom is 0.256 e. The monoisotopic (exact) mass is 270 g/mol. The van der Waals surface area contributed by atoms with Crippen LogP contribution < -0.4 is 5.32 Å². The summed E-state index contributed by atoms with van der Waals surface area (Å²) in [5.74, 6) is 5.67. The third-order valence-corrected chi connectivity index (χ3v) is 2.69. The van der Waals surface area contributed by atoms with Gasteiger partial charge in [-0.25, -0.2) is 0 Å². The summed E-state index contributed by atoms with van der Waals surface area (Å²) < 4.78 is 4.85. The second-order valence-electron chi connectivity index (χ2n) is 4.14. The van der Waals surface area contributed by atoms with Crippen molar-refractivity contribution in [2.75, 3.05) is 6.61 Å². The number of amides is 1. The summed E-state index contributed by atoms with van der Waals surface area (Å²) in [4.78, 5) is 11.9. The smallest absolute Gasteiger partial charge is 0.256 e. The highest BCUT2D eigenvalue weighted by molar-refractivity contribution is 5.94. The van der Waals surface area contributed by atoms with Crippen LogP contribution in [-0.4, -0.2) is 22.8 Å². The SMILES string of the molecule is Cc1oncc1C(=O)NCc1cccc(C#CCO)c1. The van der Waals surface area contributed by atoms with E-state index in [1.54, 1.807) is 6.92 Å². The van der Waals surface area contributed by atoms with E-state index in [2.05, 4.69) is 22.3 Å². The zero-order chi connectivity index (χ0) is 14.4. The first-order chi connectivity index (χ1) is 9.70. The summed E-state index contributed by atoms with van der Waals surface area (Å²) in [6.07, 6.45) is 1.40. The lowest BCUT2D eigenvalue weighted by atomic mass is 10.1. The van der Waals surface area contributed by atoms with Crippen LogP contribution in [0.3, 0.4) is 0 Å². The standard InChI is InChI=1S/C15H14N2O3/c1-11-14(10-17-20-11)15(19)16-9-13-5-2-4-12(8-13)6-3-7-18/h2,4-5,8,10,18H,7,9H2,1H3,(H,16,19). The molecule has 0 bridgehead atoms. The van der Waals surface area contributed by atoms with Crippen molar-refractivity contribution in [1.29, 1.82) is 0 Å². The quantitative estimate of drug-likeness (QED) is 0.823. The predicted octanol–water partition coefficient (Wildman–Crippen LogP) is 1.26. The number of carbonyl (C=O) groups is 1. The number of aromatic nitrogens is 1. The van der Waals surface area contributed by atoms with E-state index in [-0.39, 0.29) is 12.5 Å². The highest BCUT2D eigenvalue weighted by Gasteiger charge is 2.11. The molecule has 0 aliphatic carbocycles. The summed E-state index contributed by atoms with van der Waals surface area (Å²) in [5, 5.41) is 15.0. The molecule has 1 heterocycles. The van der Waals surface area contributed by atoms with Crippen LogP contribution in [0.2, 0.25) is 0 Å². The molecule has 20 heavy (non-hydrogen) atoms. The van der Waals surface area contributed by atoms with Crippen LogP contribution in [0.5, 0.6) is 0 Å². The molecular formula is C15H14N2O3. The van der Waals surface area contributed by atoms with Crippen LogP contribution >= 0.6 is 0 Å². The van der Waals surface area contributed by atoms with Gasteiger partial charge in [-0.2, -0.15) is 0 Å².